The maximum Gasteiger partial charge on any atom is 0.251 e. The topological polar surface area (TPSA) is 118 Å². The van der Waals surface area contributed by atoms with Crippen LogP contribution in [0.1, 0.15) is 38.4 Å². The van der Waals surface area contributed by atoms with Gasteiger partial charge in [0.2, 0.25) is 0 Å². The number of anilines is 1. The fraction of sp³-hybridized carbons (Fsp3) is 0.160. The molecule has 0 spiro atoms. The lowest BCUT2D eigenvalue weighted by Crippen LogP contribution is -2.24. The first kappa shape index (κ1) is 23.1. The molecule has 0 fully saturated rings. The Balaban J connectivity index is 1.54. The van der Waals surface area contributed by atoms with Gasteiger partial charge in [-0.25, -0.2) is 9.37 Å². The summed E-state index contributed by atoms with van der Waals surface area (Å²) in [4.78, 5) is 26.4. The van der Waals surface area contributed by atoms with Gasteiger partial charge in [0.15, 0.2) is 0 Å². The Kier molecular flexibility index (Phi) is 6.70. The number of hydrogen-bond donors (Lipinski definition) is 2. The molecule has 0 atom stereocenters. The van der Waals surface area contributed by atoms with Gasteiger partial charge in [0, 0.05) is 46.3 Å². The summed E-state index contributed by atoms with van der Waals surface area (Å²) in [6, 6.07) is 12.4. The third-order valence-corrected chi connectivity index (χ3v) is 6.11. The number of aryl methyl sites for hydroxylation is 1. The molecule has 7 nitrogen and oxygen atoms in total. The number of halogens is 1. The van der Waals surface area contributed by atoms with E-state index in [0.29, 0.717) is 23.2 Å². The molecule has 0 saturated heterocycles. The van der Waals surface area contributed by atoms with Crippen LogP contribution in [0.5, 0.6) is 0 Å². The first-order chi connectivity index (χ1) is 16.4. The summed E-state index contributed by atoms with van der Waals surface area (Å²) in [5.41, 5.74) is 10.2. The van der Waals surface area contributed by atoms with E-state index in [0.717, 1.165) is 26.9 Å². The number of nitrogens with two attached hydrogens (primary N) is 1. The average Bonchev–Trinajstić information content (AvgIpc) is 2.82. The number of pyridine rings is 3. The third kappa shape index (κ3) is 4.97. The van der Waals surface area contributed by atoms with Gasteiger partial charge in [0.05, 0.1) is 11.7 Å². The normalized spacial score (nSPS) is 10.8. The van der Waals surface area contributed by atoms with E-state index >= 15 is 0 Å². The highest BCUT2D eigenvalue weighted by Crippen LogP contribution is 2.28. The van der Waals surface area contributed by atoms with Crippen molar-refractivity contribution >= 4 is 34.4 Å². The zero-order valence-electron chi connectivity index (χ0n) is 18.6. The van der Waals surface area contributed by atoms with E-state index in [9.17, 15) is 14.4 Å². The predicted octanol–water partition coefficient (Wildman–Crippen LogP) is 4.17. The molecule has 0 bridgehead atoms. The monoisotopic (exact) mass is 472 g/mol. The third-order valence-electron chi connectivity index (χ3n) is 5.36. The van der Waals surface area contributed by atoms with Crippen molar-refractivity contribution in [3.63, 3.8) is 0 Å². The van der Waals surface area contributed by atoms with Gasteiger partial charge in [0.1, 0.15) is 23.4 Å². The molecular weight excluding hydrogens is 451 g/mol. The van der Waals surface area contributed by atoms with Gasteiger partial charge in [-0.15, -0.1) is 11.8 Å². The molecule has 3 heterocycles. The van der Waals surface area contributed by atoms with Gasteiger partial charge in [-0.3, -0.25) is 14.8 Å². The largest absolute Gasteiger partial charge is 0.384 e. The molecule has 3 N–H and O–H groups in total. The fourth-order valence-corrected chi connectivity index (χ4v) is 4.38. The molecule has 3 aromatic heterocycles. The van der Waals surface area contributed by atoms with Gasteiger partial charge < -0.3 is 11.1 Å². The number of amides is 1. The smallest absolute Gasteiger partial charge is 0.251 e. The summed E-state index contributed by atoms with van der Waals surface area (Å²) < 4.78 is 13.7. The van der Waals surface area contributed by atoms with E-state index in [4.69, 9.17) is 5.73 Å². The van der Waals surface area contributed by atoms with Crippen molar-refractivity contribution in [3.05, 3.63) is 88.3 Å². The van der Waals surface area contributed by atoms with Crippen LogP contribution in [0.15, 0.2) is 53.7 Å². The molecule has 4 rings (SSSR count). The number of fused-ring (bicyclic) bond motifs is 1. The van der Waals surface area contributed by atoms with E-state index in [1.807, 2.05) is 31.4 Å². The van der Waals surface area contributed by atoms with Gasteiger partial charge in [0.25, 0.3) is 5.91 Å². The number of nitrogens with one attached hydrogen (secondary N) is 1. The van der Waals surface area contributed by atoms with Crippen LogP contribution in [0, 0.1) is 24.1 Å². The zero-order valence-corrected chi connectivity index (χ0v) is 19.4. The Morgan fingerprint density at radius 3 is 2.82 bits per heavy atom. The summed E-state index contributed by atoms with van der Waals surface area (Å²) in [5, 5.41) is 12.9. The van der Waals surface area contributed by atoms with E-state index < -0.39 is 0 Å². The van der Waals surface area contributed by atoms with Crippen LogP contribution in [0.25, 0.3) is 10.9 Å². The van der Waals surface area contributed by atoms with Crippen LogP contribution in [0.2, 0.25) is 0 Å². The number of benzene rings is 1. The van der Waals surface area contributed by atoms with E-state index in [1.165, 1.54) is 12.3 Å². The molecule has 0 saturated carbocycles. The first-order valence-electron chi connectivity index (χ1n) is 10.4. The number of carbonyl (C=O) groups is 1. The van der Waals surface area contributed by atoms with Crippen molar-refractivity contribution in [2.45, 2.75) is 24.8 Å². The molecule has 4 aromatic rings. The van der Waals surface area contributed by atoms with Crippen LogP contribution in [0.3, 0.4) is 0 Å². The van der Waals surface area contributed by atoms with Crippen LogP contribution in [0.4, 0.5) is 10.2 Å². The van der Waals surface area contributed by atoms with Crippen molar-refractivity contribution in [1.29, 1.82) is 5.26 Å². The molecule has 0 aliphatic carbocycles. The molecule has 1 amide bonds. The molecular formula is C25H21FN6OS. The first-order valence-corrected chi connectivity index (χ1v) is 11.6. The van der Waals surface area contributed by atoms with E-state index in [-0.39, 0.29) is 29.8 Å². The lowest BCUT2D eigenvalue weighted by Gasteiger charge is -2.11. The number of aromatic nitrogens is 3. The Morgan fingerprint density at radius 2 is 2.06 bits per heavy atom. The summed E-state index contributed by atoms with van der Waals surface area (Å²) in [7, 11) is 0. The minimum Gasteiger partial charge on any atom is -0.384 e. The minimum atomic E-state index is -0.389. The van der Waals surface area contributed by atoms with Gasteiger partial charge in [-0.2, -0.15) is 5.26 Å². The van der Waals surface area contributed by atoms with Gasteiger partial charge in [-0.05, 0) is 60.7 Å². The second kappa shape index (κ2) is 9.85. The summed E-state index contributed by atoms with van der Waals surface area (Å²) >= 11 is 1.54. The number of hydrogen-bond acceptors (Lipinski definition) is 7. The fourth-order valence-electron chi connectivity index (χ4n) is 3.74. The maximum absolute atomic E-state index is 13.7. The highest BCUT2D eigenvalue weighted by atomic mass is 32.2. The number of rotatable bonds is 6. The average molecular weight is 473 g/mol. The molecule has 170 valence electrons. The molecule has 9 heteroatoms. The van der Waals surface area contributed by atoms with Crippen LogP contribution >= 0.6 is 11.8 Å². The van der Waals surface area contributed by atoms with Crippen molar-refractivity contribution in [2.75, 3.05) is 12.0 Å². The number of nitrogen functional groups attached to an aromatic ring is 1. The Labute approximate surface area is 200 Å². The van der Waals surface area contributed by atoms with Crippen LogP contribution < -0.4 is 11.1 Å². The lowest BCUT2D eigenvalue weighted by atomic mass is 10.0. The number of nitriles is 1. The van der Waals surface area contributed by atoms with Crippen molar-refractivity contribution < 1.29 is 9.18 Å². The number of carbonyl (C=O) groups excluding carboxylic acids is 1. The predicted molar refractivity (Wildman–Crippen MR) is 130 cm³/mol. The van der Waals surface area contributed by atoms with E-state index in [2.05, 4.69) is 20.3 Å². The van der Waals surface area contributed by atoms with Crippen LogP contribution in [-0.4, -0.2) is 27.1 Å². The summed E-state index contributed by atoms with van der Waals surface area (Å²) in [6.45, 7) is 1.97. The molecule has 1 aromatic carbocycles. The standard InChI is InChI=1S/C25H21FN6OS/c1-14-5-23(28)32-21(11-27)20(14)13-31-25(33)16-3-4-29-19(10-16)7-15-6-17-9-18(26)12-30-24(17)22(8-15)34-2/h3-6,8-10,12H,7,13H2,1-2H3,(H2,28,32)(H,31,33). The molecule has 0 radical (unpaired) electrons. The summed E-state index contributed by atoms with van der Waals surface area (Å²) in [5.74, 6) is -0.419. The molecule has 0 aliphatic heterocycles. The second-order valence-electron chi connectivity index (χ2n) is 7.72. The van der Waals surface area contributed by atoms with Crippen LogP contribution in [-0.2, 0) is 13.0 Å². The van der Waals surface area contributed by atoms with Crippen molar-refractivity contribution in [1.82, 2.24) is 20.3 Å². The zero-order chi connectivity index (χ0) is 24.2. The van der Waals surface area contributed by atoms with Gasteiger partial charge in [-0.1, -0.05) is 0 Å². The highest BCUT2D eigenvalue weighted by Gasteiger charge is 2.13. The SMILES string of the molecule is CSc1cc(Cc2cc(C(=O)NCc3c(C)cc(N)nc3C#N)ccn2)cc2cc(F)cnc12. The highest BCUT2D eigenvalue weighted by molar-refractivity contribution is 7.98. The maximum atomic E-state index is 13.7. The minimum absolute atomic E-state index is 0.152. The lowest BCUT2D eigenvalue weighted by molar-refractivity contribution is 0.0950. The molecule has 0 aliphatic rings. The van der Waals surface area contributed by atoms with Crippen molar-refractivity contribution in [2.24, 2.45) is 0 Å². The summed E-state index contributed by atoms with van der Waals surface area (Å²) in [6.07, 6.45) is 5.22. The Morgan fingerprint density at radius 1 is 1.24 bits per heavy atom. The van der Waals surface area contributed by atoms with Gasteiger partial charge >= 0.3 is 0 Å². The number of nitrogens with zero attached hydrogens (tertiary/aromatic N) is 4. The van der Waals surface area contributed by atoms with Crippen molar-refractivity contribution in [3.8, 4) is 6.07 Å². The Bertz CT molecular complexity index is 1450. The molecule has 34 heavy (non-hydrogen) atoms. The second-order valence-corrected chi connectivity index (χ2v) is 8.57. The Hall–Kier alpha value is -4.03. The quantitative estimate of drug-likeness (QED) is 0.404. The molecule has 0 unspecified atom stereocenters. The number of thioether (sulfide) groups is 1. The van der Waals surface area contributed by atoms with E-state index in [1.54, 1.807) is 36.2 Å².